The Kier molecular flexibility index (Phi) is 8.44. The number of hydrogen-bond donors (Lipinski definition) is 1. The molecule has 2 aliphatic heterocycles. The minimum Gasteiger partial charge on any atom is -0.472 e. The van der Waals surface area contributed by atoms with Gasteiger partial charge in [-0.1, -0.05) is 13.0 Å². The fourth-order valence-corrected chi connectivity index (χ4v) is 5.21. The van der Waals surface area contributed by atoms with E-state index in [0.717, 1.165) is 37.7 Å². The number of aliphatic hydroxyl groups excluding tert-OH is 1. The van der Waals surface area contributed by atoms with E-state index in [1.54, 1.807) is 16.0 Å². The topological polar surface area (TPSA) is 92.2 Å². The van der Waals surface area contributed by atoms with Crippen LogP contribution < -0.4 is 4.74 Å². The lowest BCUT2D eigenvalue weighted by Gasteiger charge is -2.38. The van der Waals surface area contributed by atoms with Gasteiger partial charge in [-0.3, -0.25) is 9.59 Å². The molecule has 3 heterocycles. The largest absolute Gasteiger partial charge is 0.472 e. The number of aromatic nitrogens is 1. The molecule has 35 heavy (non-hydrogen) atoms. The molecule has 192 valence electrons. The van der Waals surface area contributed by atoms with Crippen LogP contribution >= 0.6 is 0 Å². The summed E-state index contributed by atoms with van der Waals surface area (Å²) < 4.78 is 11.8. The van der Waals surface area contributed by atoms with Crippen LogP contribution in [0.3, 0.4) is 0 Å². The number of aliphatic hydroxyl groups is 1. The first-order valence-corrected chi connectivity index (χ1v) is 13.0. The van der Waals surface area contributed by atoms with Gasteiger partial charge in [0, 0.05) is 44.8 Å². The van der Waals surface area contributed by atoms with Crippen LogP contribution in [0.2, 0.25) is 0 Å². The van der Waals surface area contributed by atoms with Crippen LogP contribution in [-0.4, -0.2) is 83.8 Å². The van der Waals surface area contributed by atoms with Crippen molar-refractivity contribution in [1.82, 2.24) is 14.8 Å². The molecule has 0 radical (unpaired) electrons. The molecule has 0 unspecified atom stereocenters. The first-order chi connectivity index (χ1) is 16.9. The van der Waals surface area contributed by atoms with Gasteiger partial charge in [0.2, 0.25) is 11.8 Å². The summed E-state index contributed by atoms with van der Waals surface area (Å²) in [5, 5.41) is 9.88. The fourth-order valence-electron chi connectivity index (χ4n) is 5.21. The molecule has 3 atom stereocenters. The molecule has 4 rings (SSSR count). The second kappa shape index (κ2) is 11.5. The van der Waals surface area contributed by atoms with Crippen LogP contribution in [0.25, 0.3) is 5.57 Å². The molecular formula is C27H39N3O5. The van der Waals surface area contributed by atoms with Gasteiger partial charge in [-0.25, -0.2) is 4.98 Å². The molecule has 0 saturated carbocycles. The molecule has 1 aliphatic carbocycles. The second-order valence-corrected chi connectivity index (χ2v) is 10.3. The number of fused-ring (bicyclic) bond motifs is 1. The van der Waals surface area contributed by atoms with E-state index in [2.05, 4.69) is 11.1 Å². The standard InChI is InChI=1S/C27H39N3O5/c1-18-15-30(19(2)17-31)27(33)23-13-22(20-7-5-4-6-8-20)14-28-25(23)35-24(18)16-29(3)26(32)21-9-11-34-12-10-21/h7,13-14,18-19,21,24,31H,4-6,8-12,15-17H2,1-3H3/t18-,19+,24-/m0/s1. The van der Waals surface area contributed by atoms with Crippen LogP contribution in [0, 0.1) is 11.8 Å². The van der Waals surface area contributed by atoms with E-state index < -0.39 is 0 Å². The summed E-state index contributed by atoms with van der Waals surface area (Å²) in [6.07, 6.45) is 9.51. The number of amides is 2. The Labute approximate surface area is 208 Å². The Balaban J connectivity index is 1.62. The van der Waals surface area contributed by atoms with Gasteiger partial charge in [-0.05, 0) is 62.7 Å². The Morgan fingerprint density at radius 3 is 2.77 bits per heavy atom. The quantitative estimate of drug-likeness (QED) is 0.666. The zero-order valence-corrected chi connectivity index (χ0v) is 21.2. The van der Waals surface area contributed by atoms with E-state index in [4.69, 9.17) is 9.47 Å². The van der Waals surface area contributed by atoms with E-state index in [0.29, 0.717) is 37.7 Å². The van der Waals surface area contributed by atoms with Gasteiger partial charge >= 0.3 is 0 Å². The molecule has 1 fully saturated rings. The van der Waals surface area contributed by atoms with Crippen molar-refractivity contribution in [3.05, 3.63) is 29.5 Å². The molecule has 2 amide bonds. The minimum atomic E-state index is -0.337. The number of allylic oxidation sites excluding steroid dienone is 2. The Bertz CT molecular complexity index is 943. The number of likely N-dealkylation sites (N-methyl/N-ethyl adjacent to an activating group) is 1. The highest BCUT2D eigenvalue weighted by atomic mass is 16.5. The average Bonchev–Trinajstić information content (AvgIpc) is 2.90. The number of carbonyl (C=O) groups is 2. The lowest BCUT2D eigenvalue weighted by Crippen LogP contribution is -2.51. The molecule has 0 aromatic carbocycles. The van der Waals surface area contributed by atoms with Crippen molar-refractivity contribution in [2.75, 3.05) is 40.0 Å². The van der Waals surface area contributed by atoms with Crippen molar-refractivity contribution in [2.45, 2.75) is 64.5 Å². The first kappa shape index (κ1) is 25.6. The minimum absolute atomic E-state index is 0.0261. The lowest BCUT2D eigenvalue weighted by atomic mass is 9.93. The van der Waals surface area contributed by atoms with E-state index in [1.165, 1.54) is 12.0 Å². The van der Waals surface area contributed by atoms with Crippen molar-refractivity contribution in [2.24, 2.45) is 11.8 Å². The average molecular weight is 486 g/mol. The first-order valence-electron chi connectivity index (χ1n) is 13.0. The maximum absolute atomic E-state index is 13.6. The Morgan fingerprint density at radius 2 is 2.09 bits per heavy atom. The zero-order valence-electron chi connectivity index (χ0n) is 21.2. The number of hydrogen-bond acceptors (Lipinski definition) is 6. The number of nitrogens with zero attached hydrogens (tertiary/aromatic N) is 3. The maximum Gasteiger partial charge on any atom is 0.259 e. The molecule has 1 saturated heterocycles. The summed E-state index contributed by atoms with van der Waals surface area (Å²) in [4.78, 5) is 34.8. The summed E-state index contributed by atoms with van der Waals surface area (Å²) in [5.41, 5.74) is 2.59. The highest BCUT2D eigenvalue weighted by Gasteiger charge is 2.35. The summed E-state index contributed by atoms with van der Waals surface area (Å²) in [7, 11) is 1.82. The van der Waals surface area contributed by atoms with Gasteiger partial charge in [-0.2, -0.15) is 0 Å². The Morgan fingerprint density at radius 1 is 1.31 bits per heavy atom. The summed E-state index contributed by atoms with van der Waals surface area (Å²) in [6.45, 7) is 5.81. The maximum atomic E-state index is 13.6. The molecule has 1 aromatic rings. The monoisotopic (exact) mass is 485 g/mol. The van der Waals surface area contributed by atoms with Gasteiger partial charge in [0.25, 0.3) is 5.91 Å². The van der Waals surface area contributed by atoms with Gasteiger partial charge in [0.15, 0.2) is 0 Å². The van der Waals surface area contributed by atoms with Crippen LogP contribution in [-0.2, 0) is 9.53 Å². The van der Waals surface area contributed by atoms with Crippen LogP contribution in [0.4, 0.5) is 0 Å². The SMILES string of the molecule is C[C@H](CO)N1C[C@H](C)[C@H](CN(C)C(=O)C2CCOCC2)Oc2ncc(C3=CCCCC3)cc2C1=O. The fraction of sp³-hybridized carbons (Fsp3) is 0.667. The van der Waals surface area contributed by atoms with Gasteiger partial charge in [0.1, 0.15) is 11.7 Å². The smallest absolute Gasteiger partial charge is 0.259 e. The van der Waals surface area contributed by atoms with E-state index in [1.807, 2.05) is 27.0 Å². The summed E-state index contributed by atoms with van der Waals surface area (Å²) in [5.74, 6) is 0.143. The number of rotatable bonds is 6. The van der Waals surface area contributed by atoms with Gasteiger partial charge < -0.3 is 24.4 Å². The molecule has 0 bridgehead atoms. The van der Waals surface area contributed by atoms with Gasteiger partial charge in [-0.15, -0.1) is 0 Å². The Hall–Kier alpha value is -2.45. The third kappa shape index (κ3) is 5.86. The van der Waals surface area contributed by atoms with Gasteiger partial charge in [0.05, 0.1) is 19.2 Å². The van der Waals surface area contributed by atoms with Crippen LogP contribution in [0.15, 0.2) is 18.3 Å². The number of pyridine rings is 1. The van der Waals surface area contributed by atoms with Crippen molar-refractivity contribution in [3.63, 3.8) is 0 Å². The van der Waals surface area contributed by atoms with Crippen molar-refractivity contribution >= 4 is 17.4 Å². The number of ether oxygens (including phenoxy) is 2. The van der Waals surface area contributed by atoms with Crippen molar-refractivity contribution in [3.8, 4) is 5.88 Å². The molecule has 3 aliphatic rings. The zero-order chi connectivity index (χ0) is 24.9. The van der Waals surface area contributed by atoms with Crippen molar-refractivity contribution in [1.29, 1.82) is 0 Å². The third-order valence-corrected chi connectivity index (χ3v) is 7.58. The van der Waals surface area contributed by atoms with E-state index >= 15 is 0 Å². The highest BCUT2D eigenvalue weighted by Crippen LogP contribution is 2.32. The number of carbonyl (C=O) groups excluding carboxylic acids is 2. The second-order valence-electron chi connectivity index (χ2n) is 10.3. The highest BCUT2D eigenvalue weighted by molar-refractivity contribution is 5.97. The van der Waals surface area contributed by atoms with E-state index in [-0.39, 0.29) is 42.4 Å². The van der Waals surface area contributed by atoms with E-state index in [9.17, 15) is 14.7 Å². The lowest BCUT2D eigenvalue weighted by molar-refractivity contribution is -0.138. The van der Waals surface area contributed by atoms with Crippen molar-refractivity contribution < 1.29 is 24.2 Å². The molecule has 1 N–H and O–H groups in total. The predicted octanol–water partition coefficient (Wildman–Crippen LogP) is 3.14. The molecular weight excluding hydrogens is 446 g/mol. The molecule has 8 nitrogen and oxygen atoms in total. The van der Waals surface area contributed by atoms with Crippen LogP contribution in [0.1, 0.15) is 68.3 Å². The molecule has 0 spiro atoms. The normalized spacial score (nSPS) is 24.5. The molecule has 1 aromatic heterocycles. The van der Waals surface area contributed by atoms with Crippen LogP contribution in [0.5, 0.6) is 5.88 Å². The summed E-state index contributed by atoms with van der Waals surface area (Å²) >= 11 is 0. The third-order valence-electron chi connectivity index (χ3n) is 7.58. The predicted molar refractivity (Wildman–Crippen MR) is 133 cm³/mol. The molecule has 8 heteroatoms. The summed E-state index contributed by atoms with van der Waals surface area (Å²) in [6, 6.07) is 1.55.